The second-order valence-corrected chi connectivity index (χ2v) is 4.89. The summed E-state index contributed by atoms with van der Waals surface area (Å²) < 4.78 is 13.2. The number of hydrogen-bond donors (Lipinski definition) is 0. The van der Waals surface area contributed by atoms with Crippen molar-refractivity contribution in [2.75, 3.05) is 5.33 Å². The molecule has 0 amide bonds. The van der Waals surface area contributed by atoms with Crippen LogP contribution in [0.1, 0.15) is 18.4 Å². The lowest BCUT2D eigenvalue weighted by molar-refractivity contribution is 0.629. The second-order valence-electron chi connectivity index (χ2n) is 3.89. The molecule has 2 rings (SSSR count). The van der Waals surface area contributed by atoms with Gasteiger partial charge in [-0.25, -0.2) is 4.39 Å². The first-order chi connectivity index (χ1) is 7.16. The largest absolute Gasteiger partial charge is 0.211 e. The average Bonchev–Trinajstić information content (AvgIpc) is 3.00. The van der Waals surface area contributed by atoms with Crippen LogP contribution in [0.15, 0.2) is 36.2 Å². The minimum absolute atomic E-state index is 0.0670. The van der Waals surface area contributed by atoms with Crippen LogP contribution < -0.4 is 0 Å². The molecule has 80 valence electrons. The predicted molar refractivity (Wildman–Crippen MR) is 65.3 cm³/mol. The van der Waals surface area contributed by atoms with E-state index in [2.05, 4.69) is 15.9 Å². The maximum atomic E-state index is 13.2. The Bertz CT molecular complexity index is 379. The molecular formula is C12H11BrClF. The molecule has 0 aliphatic heterocycles. The summed E-state index contributed by atoms with van der Waals surface area (Å²) in [5.41, 5.74) is 1.09. The van der Waals surface area contributed by atoms with E-state index < -0.39 is 0 Å². The van der Waals surface area contributed by atoms with Gasteiger partial charge in [-0.3, -0.25) is 0 Å². The Kier molecular flexibility index (Phi) is 3.17. The molecule has 0 unspecified atom stereocenters. The monoisotopic (exact) mass is 288 g/mol. The number of benzene rings is 1. The highest BCUT2D eigenvalue weighted by atomic mass is 79.9. The molecule has 1 aromatic rings. The molecule has 0 radical (unpaired) electrons. The van der Waals surface area contributed by atoms with E-state index in [4.69, 9.17) is 11.6 Å². The van der Waals surface area contributed by atoms with Gasteiger partial charge in [-0.05, 0) is 36.6 Å². The van der Waals surface area contributed by atoms with Crippen molar-refractivity contribution in [3.05, 3.63) is 46.8 Å². The van der Waals surface area contributed by atoms with Gasteiger partial charge < -0.3 is 0 Å². The minimum Gasteiger partial charge on any atom is -0.211 e. The molecule has 1 aromatic carbocycles. The van der Waals surface area contributed by atoms with Crippen molar-refractivity contribution in [3.8, 4) is 0 Å². The smallest absolute Gasteiger partial charge is 0.107 e. The highest BCUT2D eigenvalue weighted by molar-refractivity contribution is 9.09. The number of hydrogen-bond acceptors (Lipinski definition) is 0. The third kappa shape index (κ3) is 2.43. The SMILES string of the molecule is F/C(=C/C1(c2ccc(Cl)cc2)CC1)CBr. The molecule has 0 aromatic heterocycles. The van der Waals surface area contributed by atoms with Gasteiger partial charge >= 0.3 is 0 Å². The maximum Gasteiger partial charge on any atom is 0.107 e. The predicted octanol–water partition coefficient (Wildman–Crippen LogP) is 4.62. The van der Waals surface area contributed by atoms with E-state index in [1.54, 1.807) is 6.08 Å². The summed E-state index contributed by atoms with van der Waals surface area (Å²) >= 11 is 8.93. The zero-order chi connectivity index (χ0) is 10.9. The van der Waals surface area contributed by atoms with Crippen LogP contribution in [0.3, 0.4) is 0 Å². The van der Waals surface area contributed by atoms with Crippen LogP contribution in [0.4, 0.5) is 4.39 Å². The summed E-state index contributed by atoms with van der Waals surface area (Å²) in [6.07, 6.45) is 3.77. The van der Waals surface area contributed by atoms with Crippen LogP contribution in [0.25, 0.3) is 0 Å². The van der Waals surface area contributed by atoms with Crippen LogP contribution >= 0.6 is 27.5 Å². The van der Waals surface area contributed by atoms with Crippen molar-refractivity contribution in [3.63, 3.8) is 0 Å². The van der Waals surface area contributed by atoms with Crippen LogP contribution in [-0.4, -0.2) is 5.33 Å². The van der Waals surface area contributed by atoms with E-state index in [9.17, 15) is 4.39 Å². The molecule has 0 saturated heterocycles. The summed E-state index contributed by atoms with van der Waals surface area (Å²) in [5.74, 6) is -0.0950. The summed E-state index contributed by atoms with van der Waals surface area (Å²) in [6.45, 7) is 0. The van der Waals surface area contributed by atoms with Gasteiger partial charge in [0.1, 0.15) is 5.83 Å². The van der Waals surface area contributed by atoms with E-state index in [1.807, 2.05) is 24.3 Å². The van der Waals surface area contributed by atoms with Crippen molar-refractivity contribution >= 4 is 27.5 Å². The second kappa shape index (κ2) is 4.26. The van der Waals surface area contributed by atoms with Gasteiger partial charge in [0.15, 0.2) is 0 Å². The van der Waals surface area contributed by atoms with Gasteiger partial charge in [0.25, 0.3) is 0 Å². The third-order valence-electron chi connectivity index (χ3n) is 2.77. The highest BCUT2D eigenvalue weighted by Gasteiger charge is 2.42. The minimum atomic E-state index is -0.0950. The third-order valence-corrected chi connectivity index (χ3v) is 3.56. The Morgan fingerprint density at radius 1 is 1.40 bits per heavy atom. The zero-order valence-corrected chi connectivity index (χ0v) is 10.5. The quantitative estimate of drug-likeness (QED) is 0.712. The van der Waals surface area contributed by atoms with Crippen LogP contribution in [0.2, 0.25) is 5.02 Å². The molecule has 1 aliphatic rings. The van der Waals surface area contributed by atoms with E-state index in [1.165, 1.54) is 0 Å². The fourth-order valence-corrected chi connectivity index (χ4v) is 2.06. The van der Waals surface area contributed by atoms with Crippen molar-refractivity contribution < 1.29 is 4.39 Å². The Balaban J connectivity index is 2.27. The molecule has 0 nitrogen and oxygen atoms in total. The van der Waals surface area contributed by atoms with Crippen LogP contribution in [0.5, 0.6) is 0 Å². The topological polar surface area (TPSA) is 0 Å². The fraction of sp³-hybridized carbons (Fsp3) is 0.333. The number of alkyl halides is 1. The lowest BCUT2D eigenvalue weighted by atomic mass is 9.95. The molecule has 0 N–H and O–H groups in total. The normalized spacial score (nSPS) is 19.0. The number of allylic oxidation sites excluding steroid dienone is 2. The van der Waals surface area contributed by atoms with Crippen LogP contribution in [-0.2, 0) is 5.41 Å². The number of halogens is 3. The van der Waals surface area contributed by atoms with Gasteiger partial charge in [-0.1, -0.05) is 39.7 Å². The lowest BCUT2D eigenvalue weighted by Crippen LogP contribution is -2.02. The number of rotatable bonds is 3. The first kappa shape index (κ1) is 11.2. The van der Waals surface area contributed by atoms with Gasteiger partial charge in [0.05, 0.1) is 5.33 Å². The van der Waals surface area contributed by atoms with Crippen molar-refractivity contribution in [2.45, 2.75) is 18.3 Å². The Hall–Kier alpha value is -0.340. The van der Waals surface area contributed by atoms with E-state index in [0.717, 1.165) is 23.4 Å². The standard InChI is InChI=1S/C12H11BrClF/c13-8-11(15)7-12(5-6-12)9-1-3-10(14)4-2-9/h1-4,7H,5-6,8H2/b11-7+. The summed E-state index contributed by atoms with van der Waals surface area (Å²) in [7, 11) is 0. The molecule has 0 heterocycles. The van der Waals surface area contributed by atoms with E-state index >= 15 is 0 Å². The molecule has 0 spiro atoms. The van der Waals surface area contributed by atoms with Crippen LogP contribution in [0, 0.1) is 0 Å². The highest BCUT2D eigenvalue weighted by Crippen LogP contribution is 2.50. The van der Waals surface area contributed by atoms with Crippen molar-refractivity contribution in [2.24, 2.45) is 0 Å². The first-order valence-corrected chi connectivity index (χ1v) is 6.35. The maximum absolute atomic E-state index is 13.2. The summed E-state index contributed by atoms with van der Waals surface area (Å²) in [5, 5.41) is 1.02. The van der Waals surface area contributed by atoms with Crippen molar-refractivity contribution in [1.82, 2.24) is 0 Å². The van der Waals surface area contributed by atoms with E-state index in [0.29, 0.717) is 5.33 Å². The van der Waals surface area contributed by atoms with E-state index in [-0.39, 0.29) is 11.2 Å². The molecule has 0 atom stereocenters. The van der Waals surface area contributed by atoms with Gasteiger partial charge in [0.2, 0.25) is 0 Å². The molecular weight excluding hydrogens is 278 g/mol. The molecule has 1 saturated carbocycles. The molecule has 15 heavy (non-hydrogen) atoms. The molecule has 1 fully saturated rings. The van der Waals surface area contributed by atoms with Gasteiger partial charge in [-0.15, -0.1) is 0 Å². The molecule has 0 bridgehead atoms. The Morgan fingerprint density at radius 2 is 2.00 bits per heavy atom. The Labute approximate surface area is 102 Å². The zero-order valence-electron chi connectivity index (χ0n) is 8.14. The summed E-state index contributed by atoms with van der Waals surface area (Å²) in [4.78, 5) is 0. The summed E-state index contributed by atoms with van der Waals surface area (Å²) in [6, 6.07) is 7.67. The molecule has 1 aliphatic carbocycles. The van der Waals surface area contributed by atoms with Gasteiger partial charge in [0, 0.05) is 10.4 Å². The lowest BCUT2D eigenvalue weighted by Gasteiger charge is -2.10. The van der Waals surface area contributed by atoms with Gasteiger partial charge in [-0.2, -0.15) is 0 Å². The Morgan fingerprint density at radius 3 is 2.47 bits per heavy atom. The molecule has 3 heteroatoms. The van der Waals surface area contributed by atoms with Crippen molar-refractivity contribution in [1.29, 1.82) is 0 Å². The first-order valence-electron chi connectivity index (χ1n) is 4.85. The average molecular weight is 290 g/mol. The fourth-order valence-electron chi connectivity index (χ4n) is 1.77.